The van der Waals surface area contributed by atoms with Crippen LogP contribution in [-0.2, 0) is 24.1 Å². The zero-order valence-electron chi connectivity index (χ0n) is 16.6. The molecule has 0 saturated carbocycles. The summed E-state index contributed by atoms with van der Waals surface area (Å²) in [6.45, 7) is -0.229. The predicted molar refractivity (Wildman–Crippen MR) is 112 cm³/mol. The van der Waals surface area contributed by atoms with E-state index in [4.69, 9.17) is 10.5 Å². The van der Waals surface area contributed by atoms with E-state index < -0.39 is 28.4 Å². The van der Waals surface area contributed by atoms with Crippen molar-refractivity contribution in [3.05, 3.63) is 99.6 Å². The molecule has 3 rings (SSSR count). The molecule has 3 aromatic carbocycles. The Labute approximate surface area is 181 Å². The normalized spacial score (nSPS) is 11.1. The number of carbonyl (C=O) groups excluding carboxylic acids is 1. The third kappa shape index (κ3) is 5.54. The molecule has 0 unspecified atom stereocenters. The van der Waals surface area contributed by atoms with Gasteiger partial charge in [0, 0.05) is 6.07 Å². The summed E-state index contributed by atoms with van der Waals surface area (Å²) in [5.74, 6) is 0. The number of alkyl halides is 3. The van der Waals surface area contributed by atoms with Crippen LogP contribution >= 0.6 is 0 Å². The number of ether oxygens (including phenoxy) is 1. The number of nitro groups is 1. The van der Waals surface area contributed by atoms with Gasteiger partial charge in [-0.3, -0.25) is 15.0 Å². The molecule has 32 heavy (non-hydrogen) atoms. The average molecular weight is 445 g/mol. The summed E-state index contributed by atoms with van der Waals surface area (Å²) in [6.07, 6.45) is -5.32. The Balaban J connectivity index is 1.89. The van der Waals surface area contributed by atoms with Crippen LogP contribution in [0.15, 0.2) is 72.8 Å². The third-order valence-electron chi connectivity index (χ3n) is 4.57. The fourth-order valence-electron chi connectivity index (χ4n) is 2.90. The third-order valence-corrected chi connectivity index (χ3v) is 4.57. The van der Waals surface area contributed by atoms with E-state index in [-0.39, 0.29) is 24.5 Å². The van der Waals surface area contributed by atoms with Gasteiger partial charge in [-0.05, 0) is 35.4 Å². The number of hydrogen-bond acceptors (Lipinski definition) is 5. The lowest BCUT2D eigenvalue weighted by molar-refractivity contribution is -0.383. The van der Waals surface area contributed by atoms with Gasteiger partial charge in [-0.25, -0.2) is 4.79 Å². The number of amides is 1. The molecule has 10 heteroatoms. The van der Waals surface area contributed by atoms with Crippen molar-refractivity contribution in [3.8, 4) is 0 Å². The summed E-state index contributed by atoms with van der Waals surface area (Å²) in [4.78, 5) is 24.5. The topological polar surface area (TPSA) is 98.7 Å². The van der Waals surface area contributed by atoms with E-state index in [9.17, 15) is 28.1 Å². The number of rotatable bonds is 6. The number of hydrogen-bond donors (Lipinski definition) is 1. The number of halogens is 3. The van der Waals surface area contributed by atoms with Gasteiger partial charge < -0.3 is 10.5 Å². The van der Waals surface area contributed by atoms with E-state index >= 15 is 0 Å². The fourth-order valence-corrected chi connectivity index (χ4v) is 2.90. The largest absolute Gasteiger partial charge is 0.444 e. The van der Waals surface area contributed by atoms with Gasteiger partial charge >= 0.3 is 12.3 Å². The first-order chi connectivity index (χ1) is 15.1. The molecule has 0 aliphatic carbocycles. The van der Waals surface area contributed by atoms with Crippen LogP contribution in [0.3, 0.4) is 0 Å². The Kier molecular flexibility index (Phi) is 6.62. The molecule has 0 heterocycles. The molecule has 0 saturated heterocycles. The van der Waals surface area contributed by atoms with Crippen molar-refractivity contribution >= 4 is 23.2 Å². The van der Waals surface area contributed by atoms with Crippen LogP contribution in [0.25, 0.3) is 0 Å². The fraction of sp³-hybridized carbons (Fsp3) is 0.136. The Morgan fingerprint density at radius 3 is 2.25 bits per heavy atom. The Morgan fingerprint density at radius 1 is 1.00 bits per heavy atom. The highest BCUT2D eigenvalue weighted by Gasteiger charge is 2.30. The average Bonchev–Trinajstić information content (AvgIpc) is 2.76. The van der Waals surface area contributed by atoms with Crippen LogP contribution in [0, 0.1) is 10.1 Å². The Bertz CT molecular complexity index is 1100. The van der Waals surface area contributed by atoms with Gasteiger partial charge in [0.15, 0.2) is 0 Å². The van der Waals surface area contributed by atoms with Crippen LogP contribution in [0.4, 0.5) is 35.0 Å². The van der Waals surface area contributed by atoms with Crippen molar-refractivity contribution in [3.63, 3.8) is 0 Å². The molecule has 0 aliphatic heterocycles. The zero-order chi connectivity index (χ0) is 23.3. The first kappa shape index (κ1) is 22.6. The van der Waals surface area contributed by atoms with Gasteiger partial charge in [0.2, 0.25) is 0 Å². The van der Waals surface area contributed by atoms with Crippen molar-refractivity contribution in [2.24, 2.45) is 0 Å². The molecule has 2 N–H and O–H groups in total. The summed E-state index contributed by atoms with van der Waals surface area (Å²) in [6, 6.07) is 16.9. The molecule has 3 aromatic rings. The molecule has 0 bridgehead atoms. The van der Waals surface area contributed by atoms with Crippen LogP contribution in [0.1, 0.15) is 16.7 Å². The molecule has 0 aromatic heterocycles. The molecular weight excluding hydrogens is 427 g/mol. The minimum Gasteiger partial charge on any atom is -0.444 e. The second kappa shape index (κ2) is 9.38. The van der Waals surface area contributed by atoms with Crippen molar-refractivity contribution in [1.29, 1.82) is 0 Å². The molecule has 0 radical (unpaired) electrons. The van der Waals surface area contributed by atoms with Crippen LogP contribution in [0.5, 0.6) is 0 Å². The van der Waals surface area contributed by atoms with E-state index in [2.05, 4.69) is 0 Å². The van der Waals surface area contributed by atoms with Crippen LogP contribution < -0.4 is 10.6 Å². The standard InChI is InChI=1S/C22H18F3N3O4/c23-22(24,25)17-8-6-15(7-9-17)13-27(18-10-11-19(26)20(12-18)28(30)31)21(29)32-14-16-4-2-1-3-5-16/h1-12H,13-14,26H2. The Hall–Kier alpha value is -4.08. The van der Waals surface area contributed by atoms with Gasteiger partial charge in [-0.15, -0.1) is 0 Å². The van der Waals surface area contributed by atoms with Crippen molar-refractivity contribution in [1.82, 2.24) is 0 Å². The second-order valence-corrected chi connectivity index (χ2v) is 6.82. The summed E-state index contributed by atoms with van der Waals surface area (Å²) in [5, 5.41) is 11.3. The molecule has 0 spiro atoms. The first-order valence-electron chi connectivity index (χ1n) is 9.33. The monoisotopic (exact) mass is 445 g/mol. The van der Waals surface area contributed by atoms with E-state index in [0.717, 1.165) is 28.7 Å². The SMILES string of the molecule is Nc1ccc(N(Cc2ccc(C(F)(F)F)cc2)C(=O)OCc2ccccc2)cc1[N+](=O)[O-]. The maximum atomic E-state index is 12.8. The first-order valence-corrected chi connectivity index (χ1v) is 9.33. The summed E-state index contributed by atoms with van der Waals surface area (Å²) in [5.41, 5.74) is 5.50. The Morgan fingerprint density at radius 2 is 1.66 bits per heavy atom. The summed E-state index contributed by atoms with van der Waals surface area (Å²) >= 11 is 0. The molecule has 0 fully saturated rings. The highest BCUT2D eigenvalue weighted by molar-refractivity contribution is 5.88. The molecule has 1 amide bonds. The molecule has 166 valence electrons. The predicted octanol–water partition coefficient (Wildman–Crippen LogP) is 5.54. The van der Waals surface area contributed by atoms with E-state index in [1.165, 1.54) is 24.3 Å². The number of nitrogens with zero attached hydrogens (tertiary/aromatic N) is 2. The minimum atomic E-state index is -4.50. The van der Waals surface area contributed by atoms with Gasteiger partial charge in [0.05, 0.1) is 22.7 Å². The van der Waals surface area contributed by atoms with Gasteiger partial charge in [-0.2, -0.15) is 13.2 Å². The summed E-state index contributed by atoms with van der Waals surface area (Å²) in [7, 11) is 0. The number of benzene rings is 3. The van der Waals surface area contributed by atoms with Crippen LogP contribution in [-0.4, -0.2) is 11.0 Å². The minimum absolute atomic E-state index is 0.0553. The van der Waals surface area contributed by atoms with Gasteiger partial charge in [0.25, 0.3) is 5.69 Å². The molecule has 0 aliphatic rings. The van der Waals surface area contributed by atoms with Gasteiger partial charge in [-0.1, -0.05) is 42.5 Å². The highest BCUT2D eigenvalue weighted by Crippen LogP contribution is 2.31. The molecule has 0 atom stereocenters. The van der Waals surface area contributed by atoms with Crippen LogP contribution in [0.2, 0.25) is 0 Å². The maximum Gasteiger partial charge on any atom is 0.416 e. The number of nitrogens with two attached hydrogens (primary N) is 1. The van der Waals surface area contributed by atoms with Crippen molar-refractivity contribution in [2.75, 3.05) is 10.6 Å². The lowest BCUT2D eigenvalue weighted by Gasteiger charge is -2.23. The number of nitrogen functional groups attached to an aromatic ring is 1. The lowest BCUT2D eigenvalue weighted by Crippen LogP contribution is -2.31. The zero-order valence-corrected chi connectivity index (χ0v) is 16.6. The van der Waals surface area contributed by atoms with E-state index in [1.807, 2.05) is 0 Å². The number of nitro benzene ring substituents is 1. The second-order valence-electron chi connectivity index (χ2n) is 6.82. The van der Waals surface area contributed by atoms with Gasteiger partial charge in [0.1, 0.15) is 12.3 Å². The highest BCUT2D eigenvalue weighted by atomic mass is 19.4. The summed E-state index contributed by atoms with van der Waals surface area (Å²) < 4.78 is 43.8. The number of carbonyl (C=O) groups is 1. The number of anilines is 2. The smallest absolute Gasteiger partial charge is 0.416 e. The quantitative estimate of drug-likeness (QED) is 0.305. The van der Waals surface area contributed by atoms with Crippen molar-refractivity contribution < 1.29 is 27.6 Å². The van der Waals surface area contributed by atoms with E-state index in [0.29, 0.717) is 5.56 Å². The molecule has 7 nitrogen and oxygen atoms in total. The lowest BCUT2D eigenvalue weighted by atomic mass is 10.1. The van der Waals surface area contributed by atoms with E-state index in [1.54, 1.807) is 30.3 Å². The van der Waals surface area contributed by atoms with Crippen molar-refractivity contribution in [2.45, 2.75) is 19.3 Å². The maximum absolute atomic E-state index is 12.8. The molecular formula is C22H18F3N3O4.